The van der Waals surface area contributed by atoms with E-state index in [-0.39, 0.29) is 0 Å². The van der Waals surface area contributed by atoms with Crippen molar-refractivity contribution in [2.45, 2.75) is 18.9 Å². The molecule has 20 heavy (non-hydrogen) atoms. The van der Waals surface area contributed by atoms with Gasteiger partial charge in [0, 0.05) is 24.6 Å². The molecule has 1 atom stereocenters. The molecule has 1 fully saturated rings. The van der Waals surface area contributed by atoms with Gasteiger partial charge in [-0.15, -0.1) is 0 Å². The Morgan fingerprint density at radius 2 is 2.05 bits per heavy atom. The van der Waals surface area contributed by atoms with E-state index in [0.29, 0.717) is 17.3 Å². The lowest BCUT2D eigenvalue weighted by Crippen LogP contribution is -2.23. The van der Waals surface area contributed by atoms with Crippen LogP contribution in [0.4, 0.5) is 11.4 Å². The zero-order valence-corrected chi connectivity index (χ0v) is 11.2. The molecule has 0 spiro atoms. The molecule has 0 saturated carbocycles. The molecule has 1 aromatic carbocycles. The average Bonchev–Trinajstić information content (AvgIpc) is 2.97. The van der Waals surface area contributed by atoms with Gasteiger partial charge in [0.15, 0.2) is 0 Å². The van der Waals surface area contributed by atoms with Crippen LogP contribution < -0.4 is 10.6 Å². The van der Waals surface area contributed by atoms with Crippen molar-refractivity contribution in [2.24, 2.45) is 0 Å². The van der Waals surface area contributed by atoms with Crippen LogP contribution in [0.2, 0.25) is 0 Å². The van der Waals surface area contributed by atoms with Crippen LogP contribution in [-0.4, -0.2) is 11.5 Å². The highest BCUT2D eigenvalue weighted by Crippen LogP contribution is 2.37. The van der Waals surface area contributed by atoms with Crippen molar-refractivity contribution in [3.05, 3.63) is 53.9 Å². The van der Waals surface area contributed by atoms with E-state index in [2.05, 4.69) is 16.0 Å². The van der Waals surface area contributed by atoms with Gasteiger partial charge in [-0.1, -0.05) is 0 Å². The van der Waals surface area contributed by atoms with Gasteiger partial charge in [-0.05, 0) is 48.7 Å². The summed E-state index contributed by atoms with van der Waals surface area (Å²) in [6.07, 6.45) is 5.86. The predicted octanol–water partition coefficient (Wildman–Crippen LogP) is 2.88. The highest BCUT2D eigenvalue weighted by atomic mass is 15.2. The van der Waals surface area contributed by atoms with Gasteiger partial charge in [-0.3, -0.25) is 4.98 Å². The molecular weight excluding hydrogens is 248 g/mol. The van der Waals surface area contributed by atoms with Crippen molar-refractivity contribution >= 4 is 11.4 Å². The van der Waals surface area contributed by atoms with E-state index in [1.54, 1.807) is 6.07 Å². The van der Waals surface area contributed by atoms with Gasteiger partial charge >= 0.3 is 0 Å². The Morgan fingerprint density at radius 3 is 2.80 bits per heavy atom. The largest absolute Gasteiger partial charge is 0.399 e. The van der Waals surface area contributed by atoms with Crippen LogP contribution >= 0.6 is 0 Å². The molecule has 0 aliphatic carbocycles. The number of anilines is 2. The molecule has 0 bridgehead atoms. The molecule has 1 saturated heterocycles. The molecule has 2 N–H and O–H groups in total. The topological polar surface area (TPSA) is 65.9 Å². The first kappa shape index (κ1) is 12.5. The zero-order valence-electron chi connectivity index (χ0n) is 11.2. The summed E-state index contributed by atoms with van der Waals surface area (Å²) >= 11 is 0. The monoisotopic (exact) mass is 264 g/mol. The first-order chi connectivity index (χ1) is 9.79. The second-order valence-electron chi connectivity index (χ2n) is 5.02. The van der Waals surface area contributed by atoms with E-state index in [1.807, 2.05) is 36.7 Å². The maximum absolute atomic E-state index is 9.32. The van der Waals surface area contributed by atoms with Gasteiger partial charge in [0.05, 0.1) is 17.3 Å². The van der Waals surface area contributed by atoms with Crippen LogP contribution in [0.1, 0.15) is 30.0 Å². The summed E-state index contributed by atoms with van der Waals surface area (Å²) < 4.78 is 0. The third kappa shape index (κ3) is 2.19. The van der Waals surface area contributed by atoms with Crippen LogP contribution in [-0.2, 0) is 0 Å². The Balaban J connectivity index is 1.99. The van der Waals surface area contributed by atoms with E-state index >= 15 is 0 Å². The van der Waals surface area contributed by atoms with Crippen molar-refractivity contribution in [2.75, 3.05) is 17.2 Å². The average molecular weight is 264 g/mol. The molecule has 3 rings (SSSR count). The first-order valence-corrected chi connectivity index (χ1v) is 6.76. The van der Waals surface area contributed by atoms with Crippen molar-refractivity contribution < 1.29 is 0 Å². The Labute approximate surface area is 118 Å². The lowest BCUT2D eigenvalue weighted by atomic mass is 10.0. The third-order valence-electron chi connectivity index (χ3n) is 3.79. The number of nitrogens with zero attached hydrogens (tertiary/aromatic N) is 3. The summed E-state index contributed by atoms with van der Waals surface area (Å²) in [5, 5.41) is 9.32. The van der Waals surface area contributed by atoms with E-state index < -0.39 is 0 Å². The molecule has 100 valence electrons. The molecule has 0 amide bonds. The summed E-state index contributed by atoms with van der Waals surface area (Å²) in [6.45, 7) is 0.964. The standard InChI is InChI=1S/C16H16N4/c17-11-13-10-14(18)3-4-16(13)20-9-1-2-15(20)12-5-7-19-8-6-12/h3-8,10,15H,1-2,9,18H2. The Morgan fingerprint density at radius 1 is 1.25 bits per heavy atom. The molecule has 2 aromatic rings. The van der Waals surface area contributed by atoms with Crippen LogP contribution in [0, 0.1) is 11.3 Å². The van der Waals surface area contributed by atoms with E-state index in [1.165, 1.54) is 5.56 Å². The van der Waals surface area contributed by atoms with Gasteiger partial charge < -0.3 is 10.6 Å². The second-order valence-corrected chi connectivity index (χ2v) is 5.02. The van der Waals surface area contributed by atoms with Crippen molar-refractivity contribution in [1.29, 1.82) is 5.26 Å². The number of benzene rings is 1. The minimum Gasteiger partial charge on any atom is -0.399 e. The van der Waals surface area contributed by atoms with E-state index in [0.717, 1.165) is 25.1 Å². The highest BCUT2D eigenvalue weighted by molar-refractivity contribution is 5.65. The molecule has 0 radical (unpaired) electrons. The summed E-state index contributed by atoms with van der Waals surface area (Å²) in [6, 6.07) is 12.2. The van der Waals surface area contributed by atoms with Crippen LogP contribution in [0.5, 0.6) is 0 Å². The molecule has 1 aromatic heterocycles. The number of nitrogens with two attached hydrogens (primary N) is 1. The third-order valence-corrected chi connectivity index (χ3v) is 3.79. The predicted molar refractivity (Wildman–Crippen MR) is 79.1 cm³/mol. The van der Waals surface area contributed by atoms with Crippen LogP contribution in [0.25, 0.3) is 0 Å². The SMILES string of the molecule is N#Cc1cc(N)ccc1N1CCCC1c1ccncc1. The summed E-state index contributed by atoms with van der Waals surface area (Å²) in [5.41, 5.74) is 9.27. The van der Waals surface area contributed by atoms with Gasteiger partial charge in [0.1, 0.15) is 6.07 Å². The summed E-state index contributed by atoms with van der Waals surface area (Å²) in [4.78, 5) is 6.37. The van der Waals surface area contributed by atoms with Crippen LogP contribution in [0.3, 0.4) is 0 Å². The smallest absolute Gasteiger partial charge is 0.101 e. The van der Waals surface area contributed by atoms with Crippen molar-refractivity contribution in [1.82, 2.24) is 4.98 Å². The minimum absolute atomic E-state index is 0.314. The van der Waals surface area contributed by atoms with Gasteiger partial charge in [0.25, 0.3) is 0 Å². The number of aromatic nitrogens is 1. The minimum atomic E-state index is 0.314. The van der Waals surface area contributed by atoms with Gasteiger partial charge in [0.2, 0.25) is 0 Å². The van der Waals surface area contributed by atoms with Gasteiger partial charge in [-0.25, -0.2) is 0 Å². The Hall–Kier alpha value is -2.54. The number of hydrogen-bond acceptors (Lipinski definition) is 4. The molecule has 2 heterocycles. The fourth-order valence-corrected chi connectivity index (χ4v) is 2.88. The molecule has 4 heteroatoms. The number of pyridine rings is 1. The highest BCUT2D eigenvalue weighted by Gasteiger charge is 2.27. The number of rotatable bonds is 2. The zero-order chi connectivity index (χ0) is 13.9. The normalized spacial score (nSPS) is 17.9. The summed E-state index contributed by atoms with van der Waals surface area (Å²) in [5.74, 6) is 0. The maximum Gasteiger partial charge on any atom is 0.101 e. The van der Waals surface area contributed by atoms with Crippen LogP contribution in [0.15, 0.2) is 42.7 Å². The number of nitrogen functional groups attached to an aromatic ring is 1. The van der Waals surface area contributed by atoms with Gasteiger partial charge in [-0.2, -0.15) is 5.26 Å². The van der Waals surface area contributed by atoms with E-state index in [4.69, 9.17) is 5.73 Å². The maximum atomic E-state index is 9.32. The van der Waals surface area contributed by atoms with Crippen molar-refractivity contribution in [3.8, 4) is 6.07 Å². The van der Waals surface area contributed by atoms with Crippen molar-refractivity contribution in [3.63, 3.8) is 0 Å². The molecule has 1 aliphatic rings. The number of hydrogen-bond donors (Lipinski definition) is 1. The fraction of sp³-hybridized carbons (Fsp3) is 0.250. The number of nitriles is 1. The lowest BCUT2D eigenvalue weighted by Gasteiger charge is -2.28. The molecule has 4 nitrogen and oxygen atoms in total. The quantitative estimate of drug-likeness (QED) is 0.847. The Bertz CT molecular complexity index is 645. The molecular formula is C16H16N4. The molecule has 1 unspecified atom stereocenters. The summed E-state index contributed by atoms with van der Waals surface area (Å²) in [7, 11) is 0. The fourth-order valence-electron chi connectivity index (χ4n) is 2.88. The lowest BCUT2D eigenvalue weighted by molar-refractivity contribution is 0.717. The van der Waals surface area contributed by atoms with E-state index in [9.17, 15) is 5.26 Å². The molecule has 1 aliphatic heterocycles. The second kappa shape index (κ2) is 5.22. The first-order valence-electron chi connectivity index (χ1n) is 6.76. The Kier molecular flexibility index (Phi) is 3.26.